The van der Waals surface area contributed by atoms with Crippen LogP contribution in [0.25, 0.3) is 0 Å². The van der Waals surface area contributed by atoms with Gasteiger partial charge in [0.1, 0.15) is 5.54 Å². The lowest BCUT2D eigenvalue weighted by Crippen LogP contribution is -2.52. The molecule has 0 aliphatic carbocycles. The Hall–Kier alpha value is -0.250. The van der Waals surface area contributed by atoms with Crippen molar-refractivity contribution in [2.75, 3.05) is 6.54 Å². The molecule has 0 radical (unpaired) electrons. The highest BCUT2D eigenvalue weighted by Gasteiger charge is 2.46. The van der Waals surface area contributed by atoms with Crippen molar-refractivity contribution in [1.82, 2.24) is 5.32 Å². The summed E-state index contributed by atoms with van der Waals surface area (Å²) in [5.74, 6) is 0. The minimum absolute atomic E-state index is 0.446. The Balaban J connectivity index is 3.41. The maximum atomic E-state index is 12.5. The molecule has 18 heavy (non-hydrogen) atoms. The van der Waals surface area contributed by atoms with Gasteiger partial charge in [0.05, 0.1) is 0 Å². The topological polar surface area (TPSA) is 12.0 Å². The van der Waals surface area contributed by atoms with Crippen LogP contribution in [-0.4, -0.2) is 18.3 Å². The second-order valence-corrected chi connectivity index (χ2v) is 5.52. The van der Waals surface area contributed by atoms with E-state index in [1.54, 1.807) is 0 Å². The average molecular weight is 267 g/mol. The lowest BCUT2D eigenvalue weighted by molar-refractivity contribution is -0.185. The molecule has 1 N–H and O–H groups in total. The normalized spacial score (nSPS) is 13.0. The summed E-state index contributed by atoms with van der Waals surface area (Å²) in [5.41, 5.74) is -1.77. The zero-order chi connectivity index (χ0) is 14.1. The quantitative estimate of drug-likeness (QED) is 0.546. The molecular weight excluding hydrogens is 239 g/mol. The standard InChI is InChI=1S/C14H28F3N/c1-4-5-6-7-8-9-10-11-12-18-13(2,3)14(15,16)17/h18H,4-12H2,1-3H3. The zero-order valence-corrected chi connectivity index (χ0v) is 12.0. The van der Waals surface area contributed by atoms with Gasteiger partial charge in [-0.2, -0.15) is 13.2 Å². The monoisotopic (exact) mass is 267 g/mol. The van der Waals surface area contributed by atoms with Gasteiger partial charge in [-0.05, 0) is 26.8 Å². The first-order valence-electron chi connectivity index (χ1n) is 7.13. The summed E-state index contributed by atoms with van der Waals surface area (Å²) in [4.78, 5) is 0. The molecule has 1 nitrogen and oxygen atoms in total. The van der Waals surface area contributed by atoms with Gasteiger partial charge in [-0.25, -0.2) is 0 Å². The van der Waals surface area contributed by atoms with Crippen LogP contribution in [0.1, 0.15) is 72.1 Å². The molecule has 0 atom stereocenters. The molecule has 0 saturated carbocycles. The van der Waals surface area contributed by atoms with Crippen LogP contribution in [0, 0.1) is 0 Å². The van der Waals surface area contributed by atoms with E-state index >= 15 is 0 Å². The van der Waals surface area contributed by atoms with E-state index in [-0.39, 0.29) is 0 Å². The van der Waals surface area contributed by atoms with E-state index in [0.29, 0.717) is 6.54 Å². The number of hydrogen-bond acceptors (Lipinski definition) is 1. The maximum Gasteiger partial charge on any atom is 0.406 e. The van der Waals surface area contributed by atoms with E-state index in [0.717, 1.165) is 19.3 Å². The Bertz CT molecular complexity index is 200. The maximum absolute atomic E-state index is 12.5. The zero-order valence-electron chi connectivity index (χ0n) is 12.0. The molecule has 0 heterocycles. The van der Waals surface area contributed by atoms with Crippen molar-refractivity contribution in [3.05, 3.63) is 0 Å². The first kappa shape index (κ1) is 17.8. The van der Waals surface area contributed by atoms with Crippen molar-refractivity contribution in [3.8, 4) is 0 Å². The van der Waals surface area contributed by atoms with Gasteiger partial charge in [-0.15, -0.1) is 0 Å². The summed E-state index contributed by atoms with van der Waals surface area (Å²) in [5, 5.41) is 2.59. The highest BCUT2D eigenvalue weighted by atomic mass is 19.4. The molecule has 0 aromatic rings. The summed E-state index contributed by atoms with van der Waals surface area (Å²) in [6, 6.07) is 0. The van der Waals surface area contributed by atoms with Gasteiger partial charge in [0.2, 0.25) is 0 Å². The molecule has 0 saturated heterocycles. The van der Waals surface area contributed by atoms with Crippen molar-refractivity contribution >= 4 is 0 Å². The Labute approximate surface area is 110 Å². The average Bonchev–Trinajstić information content (AvgIpc) is 2.25. The van der Waals surface area contributed by atoms with Crippen LogP contribution in [0.3, 0.4) is 0 Å². The second kappa shape index (κ2) is 8.78. The third-order valence-electron chi connectivity index (χ3n) is 3.31. The molecule has 0 aromatic heterocycles. The van der Waals surface area contributed by atoms with Crippen molar-refractivity contribution in [3.63, 3.8) is 0 Å². The molecule has 0 amide bonds. The molecule has 0 aliphatic heterocycles. The fourth-order valence-electron chi connectivity index (χ4n) is 1.76. The molecule has 0 unspecified atom stereocenters. The summed E-state index contributed by atoms with van der Waals surface area (Å²) in [7, 11) is 0. The number of rotatable bonds is 10. The third-order valence-corrected chi connectivity index (χ3v) is 3.31. The number of unbranched alkanes of at least 4 members (excludes halogenated alkanes) is 7. The smallest absolute Gasteiger partial charge is 0.304 e. The fraction of sp³-hybridized carbons (Fsp3) is 1.00. The van der Waals surface area contributed by atoms with Crippen molar-refractivity contribution in [1.29, 1.82) is 0 Å². The third kappa shape index (κ3) is 7.96. The molecule has 0 spiro atoms. The first-order chi connectivity index (χ1) is 8.31. The van der Waals surface area contributed by atoms with Crippen LogP contribution < -0.4 is 5.32 Å². The first-order valence-corrected chi connectivity index (χ1v) is 7.13. The lowest BCUT2D eigenvalue weighted by Gasteiger charge is -2.29. The summed E-state index contributed by atoms with van der Waals surface area (Å²) < 4.78 is 37.6. The predicted molar refractivity (Wildman–Crippen MR) is 70.7 cm³/mol. The fourth-order valence-corrected chi connectivity index (χ4v) is 1.76. The Morgan fingerprint density at radius 3 is 1.67 bits per heavy atom. The Morgan fingerprint density at radius 1 is 0.778 bits per heavy atom. The Morgan fingerprint density at radius 2 is 1.22 bits per heavy atom. The number of alkyl halides is 3. The van der Waals surface area contributed by atoms with Crippen LogP contribution in [0.15, 0.2) is 0 Å². The van der Waals surface area contributed by atoms with Crippen molar-refractivity contribution < 1.29 is 13.2 Å². The SMILES string of the molecule is CCCCCCCCCCNC(C)(C)C(F)(F)F. The van der Waals surface area contributed by atoms with Crippen LogP contribution in [0.2, 0.25) is 0 Å². The van der Waals surface area contributed by atoms with Crippen LogP contribution in [0.5, 0.6) is 0 Å². The van der Waals surface area contributed by atoms with Gasteiger partial charge in [0.15, 0.2) is 0 Å². The van der Waals surface area contributed by atoms with Crippen LogP contribution in [-0.2, 0) is 0 Å². The lowest BCUT2D eigenvalue weighted by atomic mass is 10.0. The molecule has 110 valence electrons. The van der Waals surface area contributed by atoms with Crippen molar-refractivity contribution in [2.24, 2.45) is 0 Å². The number of nitrogens with one attached hydrogen (secondary N) is 1. The number of halogens is 3. The van der Waals surface area contributed by atoms with Gasteiger partial charge in [0.25, 0.3) is 0 Å². The summed E-state index contributed by atoms with van der Waals surface area (Å²) in [6.45, 7) is 5.02. The van der Waals surface area contributed by atoms with Gasteiger partial charge in [-0.1, -0.05) is 51.9 Å². The molecule has 4 heteroatoms. The van der Waals surface area contributed by atoms with Gasteiger partial charge >= 0.3 is 6.18 Å². The summed E-state index contributed by atoms with van der Waals surface area (Å²) in [6.07, 6.45) is 5.11. The van der Waals surface area contributed by atoms with Crippen molar-refractivity contribution in [2.45, 2.75) is 83.9 Å². The molecule has 0 aliphatic rings. The van der Waals surface area contributed by atoms with Crippen LogP contribution in [0.4, 0.5) is 13.2 Å². The molecule has 0 rings (SSSR count). The van der Waals surface area contributed by atoms with E-state index in [2.05, 4.69) is 12.2 Å². The molecular formula is C14H28F3N. The summed E-state index contributed by atoms with van der Waals surface area (Å²) >= 11 is 0. The molecule has 0 fully saturated rings. The van der Waals surface area contributed by atoms with E-state index in [9.17, 15) is 13.2 Å². The van der Waals surface area contributed by atoms with Gasteiger partial charge in [-0.3, -0.25) is 0 Å². The van der Waals surface area contributed by atoms with E-state index < -0.39 is 11.7 Å². The predicted octanol–water partition coefficient (Wildman–Crippen LogP) is 5.06. The van der Waals surface area contributed by atoms with Gasteiger partial charge in [0, 0.05) is 0 Å². The van der Waals surface area contributed by atoms with E-state index in [1.165, 1.54) is 46.0 Å². The van der Waals surface area contributed by atoms with Gasteiger partial charge < -0.3 is 5.32 Å². The molecule has 0 bridgehead atoms. The molecule has 0 aromatic carbocycles. The van der Waals surface area contributed by atoms with Crippen LogP contribution >= 0.6 is 0 Å². The largest absolute Gasteiger partial charge is 0.406 e. The number of hydrogen-bond donors (Lipinski definition) is 1. The van der Waals surface area contributed by atoms with E-state index in [4.69, 9.17) is 0 Å². The highest BCUT2D eigenvalue weighted by molar-refractivity contribution is 4.85. The minimum Gasteiger partial charge on any atom is -0.304 e. The minimum atomic E-state index is -4.17. The second-order valence-electron chi connectivity index (χ2n) is 5.52. The Kier molecular flexibility index (Phi) is 8.66. The van der Waals surface area contributed by atoms with E-state index in [1.807, 2.05) is 0 Å². The highest BCUT2D eigenvalue weighted by Crippen LogP contribution is 2.29.